The first-order chi connectivity index (χ1) is 10.4. The van der Waals surface area contributed by atoms with Crippen molar-refractivity contribution >= 4 is 6.03 Å². The Labute approximate surface area is 127 Å². The number of carbonyl (C=O) groups is 1. The molecule has 0 heterocycles. The number of alkyl halides is 3. The Morgan fingerprint density at radius 2 is 1.82 bits per heavy atom. The van der Waals surface area contributed by atoms with Gasteiger partial charge in [0, 0.05) is 12.6 Å². The number of urea groups is 1. The summed E-state index contributed by atoms with van der Waals surface area (Å²) in [5, 5.41) is 5.64. The van der Waals surface area contributed by atoms with Crippen LogP contribution in [0.4, 0.5) is 18.0 Å². The van der Waals surface area contributed by atoms with Gasteiger partial charge in [0.05, 0.1) is 5.56 Å². The minimum absolute atomic E-state index is 0.0950. The second-order valence-electron chi connectivity index (χ2n) is 6.23. The minimum atomic E-state index is -4.36. The summed E-state index contributed by atoms with van der Waals surface area (Å²) in [5.74, 6) is 1.18. The van der Waals surface area contributed by atoms with Gasteiger partial charge in [-0.15, -0.1) is 0 Å². The number of carbonyl (C=O) groups excluding carboxylic acids is 1. The molecule has 3 nitrogen and oxygen atoms in total. The highest BCUT2D eigenvalue weighted by Gasteiger charge is 2.42. The first-order valence-corrected chi connectivity index (χ1v) is 7.64. The molecule has 0 atom stereocenters. The summed E-state index contributed by atoms with van der Waals surface area (Å²) in [6.07, 6.45) is 0.287. The highest BCUT2D eigenvalue weighted by atomic mass is 19.4. The van der Waals surface area contributed by atoms with Crippen LogP contribution in [0.25, 0.3) is 0 Å². The Kier molecular flexibility index (Phi) is 4.02. The molecule has 0 spiro atoms. The summed E-state index contributed by atoms with van der Waals surface area (Å²) in [4.78, 5) is 11.9. The van der Waals surface area contributed by atoms with Gasteiger partial charge in [0.25, 0.3) is 0 Å². The van der Waals surface area contributed by atoms with E-state index in [1.165, 1.54) is 6.07 Å². The lowest BCUT2D eigenvalue weighted by molar-refractivity contribution is -0.137. The van der Waals surface area contributed by atoms with Gasteiger partial charge in [-0.25, -0.2) is 4.79 Å². The van der Waals surface area contributed by atoms with Crippen LogP contribution in [0.2, 0.25) is 0 Å². The standard InChI is InChI=1S/C16H19F3N2O/c17-16(18,19)13-3-1-2-10(8-13)9-20-15(22)21-14(11-4-5-11)12-6-7-12/h1-3,8,11-12,14H,4-7,9H2,(H2,20,21,22). The number of hydrogen-bond acceptors (Lipinski definition) is 1. The van der Waals surface area contributed by atoms with E-state index in [2.05, 4.69) is 10.6 Å². The van der Waals surface area contributed by atoms with Gasteiger partial charge in [-0.1, -0.05) is 12.1 Å². The lowest BCUT2D eigenvalue weighted by Gasteiger charge is -2.18. The van der Waals surface area contributed by atoms with Crippen molar-refractivity contribution in [3.05, 3.63) is 35.4 Å². The highest BCUT2D eigenvalue weighted by Crippen LogP contribution is 2.44. The van der Waals surface area contributed by atoms with Crippen molar-refractivity contribution in [2.24, 2.45) is 11.8 Å². The van der Waals surface area contributed by atoms with Crippen LogP contribution in [0.3, 0.4) is 0 Å². The van der Waals surface area contributed by atoms with Gasteiger partial charge in [-0.2, -0.15) is 13.2 Å². The number of benzene rings is 1. The van der Waals surface area contributed by atoms with Crippen LogP contribution in [0.1, 0.15) is 36.8 Å². The molecule has 3 rings (SSSR count). The quantitative estimate of drug-likeness (QED) is 0.855. The Morgan fingerprint density at radius 1 is 1.18 bits per heavy atom. The molecular formula is C16H19F3N2O. The first kappa shape index (κ1) is 15.2. The molecular weight excluding hydrogens is 293 g/mol. The van der Waals surface area contributed by atoms with E-state index in [0.29, 0.717) is 17.4 Å². The average molecular weight is 312 g/mol. The lowest BCUT2D eigenvalue weighted by atomic mass is 10.1. The van der Waals surface area contributed by atoms with E-state index in [1.54, 1.807) is 6.07 Å². The lowest BCUT2D eigenvalue weighted by Crippen LogP contribution is -2.44. The van der Waals surface area contributed by atoms with Gasteiger partial charge < -0.3 is 10.6 Å². The zero-order chi connectivity index (χ0) is 15.7. The summed E-state index contributed by atoms with van der Waals surface area (Å²) >= 11 is 0. The zero-order valence-corrected chi connectivity index (χ0v) is 12.1. The van der Waals surface area contributed by atoms with Gasteiger partial charge in [-0.05, 0) is 55.2 Å². The van der Waals surface area contributed by atoms with E-state index >= 15 is 0 Å². The van der Waals surface area contributed by atoms with Crippen molar-refractivity contribution in [1.82, 2.24) is 10.6 Å². The Hall–Kier alpha value is -1.72. The van der Waals surface area contributed by atoms with E-state index in [4.69, 9.17) is 0 Å². The smallest absolute Gasteiger partial charge is 0.335 e. The van der Waals surface area contributed by atoms with Crippen LogP contribution in [0, 0.1) is 11.8 Å². The fourth-order valence-electron chi connectivity index (χ4n) is 2.77. The van der Waals surface area contributed by atoms with Crippen LogP contribution in [0.15, 0.2) is 24.3 Å². The second-order valence-corrected chi connectivity index (χ2v) is 6.23. The predicted molar refractivity (Wildman–Crippen MR) is 76.1 cm³/mol. The third-order valence-electron chi connectivity index (χ3n) is 4.26. The Balaban J connectivity index is 1.52. The van der Waals surface area contributed by atoms with Crippen LogP contribution < -0.4 is 10.6 Å². The minimum Gasteiger partial charge on any atom is -0.335 e. The summed E-state index contributed by atoms with van der Waals surface area (Å²) in [5.41, 5.74) is -0.250. The number of hydrogen-bond donors (Lipinski definition) is 2. The highest BCUT2D eigenvalue weighted by molar-refractivity contribution is 5.74. The predicted octanol–water partition coefficient (Wildman–Crippen LogP) is 3.69. The molecule has 6 heteroatoms. The molecule has 2 fully saturated rings. The fraction of sp³-hybridized carbons (Fsp3) is 0.562. The molecule has 1 aromatic carbocycles. The van der Waals surface area contributed by atoms with E-state index in [0.717, 1.165) is 37.8 Å². The van der Waals surface area contributed by atoms with Gasteiger partial charge in [-0.3, -0.25) is 0 Å². The van der Waals surface area contributed by atoms with E-state index < -0.39 is 11.7 Å². The summed E-state index contributed by atoms with van der Waals surface area (Å²) < 4.78 is 37.9. The van der Waals surface area contributed by atoms with Gasteiger partial charge in [0.1, 0.15) is 0 Å². The molecule has 2 aliphatic carbocycles. The molecule has 2 saturated carbocycles. The van der Waals surface area contributed by atoms with Crippen molar-refractivity contribution in [3.63, 3.8) is 0 Å². The van der Waals surface area contributed by atoms with Crippen molar-refractivity contribution in [2.45, 2.75) is 44.4 Å². The van der Waals surface area contributed by atoms with Crippen LogP contribution in [-0.4, -0.2) is 12.1 Å². The molecule has 22 heavy (non-hydrogen) atoms. The number of halogens is 3. The molecule has 2 amide bonds. The molecule has 0 unspecified atom stereocenters. The molecule has 0 aliphatic heterocycles. The molecule has 0 saturated heterocycles. The van der Waals surface area contributed by atoms with Gasteiger partial charge in [0.15, 0.2) is 0 Å². The monoisotopic (exact) mass is 312 g/mol. The van der Waals surface area contributed by atoms with Gasteiger partial charge >= 0.3 is 12.2 Å². The van der Waals surface area contributed by atoms with Gasteiger partial charge in [0.2, 0.25) is 0 Å². The Morgan fingerprint density at radius 3 is 2.36 bits per heavy atom. The largest absolute Gasteiger partial charge is 0.416 e. The molecule has 120 valence electrons. The fourth-order valence-corrected chi connectivity index (χ4v) is 2.77. The topological polar surface area (TPSA) is 41.1 Å². The third kappa shape index (κ3) is 3.93. The Bertz CT molecular complexity index is 539. The van der Waals surface area contributed by atoms with E-state index in [9.17, 15) is 18.0 Å². The van der Waals surface area contributed by atoms with Crippen LogP contribution in [-0.2, 0) is 12.7 Å². The van der Waals surface area contributed by atoms with E-state index in [1.807, 2.05) is 0 Å². The van der Waals surface area contributed by atoms with Crippen LogP contribution in [0.5, 0.6) is 0 Å². The maximum absolute atomic E-state index is 12.6. The molecule has 0 radical (unpaired) electrons. The first-order valence-electron chi connectivity index (χ1n) is 7.64. The summed E-state index contributed by atoms with van der Waals surface area (Å²) in [6, 6.07) is 4.98. The van der Waals surface area contributed by atoms with Crippen molar-refractivity contribution in [2.75, 3.05) is 0 Å². The molecule has 1 aromatic rings. The number of amides is 2. The van der Waals surface area contributed by atoms with Crippen molar-refractivity contribution < 1.29 is 18.0 Å². The average Bonchev–Trinajstić information content (AvgIpc) is 3.35. The van der Waals surface area contributed by atoms with Crippen molar-refractivity contribution in [1.29, 1.82) is 0 Å². The van der Waals surface area contributed by atoms with Crippen LogP contribution >= 0.6 is 0 Å². The molecule has 0 aromatic heterocycles. The summed E-state index contributed by atoms with van der Waals surface area (Å²) in [7, 11) is 0. The molecule has 2 N–H and O–H groups in total. The third-order valence-corrected chi connectivity index (χ3v) is 4.26. The zero-order valence-electron chi connectivity index (χ0n) is 12.1. The molecule has 0 bridgehead atoms. The second kappa shape index (κ2) is 5.82. The number of nitrogens with one attached hydrogen (secondary N) is 2. The van der Waals surface area contributed by atoms with Crippen molar-refractivity contribution in [3.8, 4) is 0 Å². The summed E-state index contributed by atoms with van der Waals surface area (Å²) in [6.45, 7) is 0.0950. The maximum Gasteiger partial charge on any atom is 0.416 e. The molecule has 2 aliphatic rings. The SMILES string of the molecule is O=C(NCc1cccc(C(F)(F)F)c1)NC(C1CC1)C1CC1. The normalized spacial score (nSPS) is 18.4. The number of rotatable bonds is 5. The maximum atomic E-state index is 12.6. The van der Waals surface area contributed by atoms with E-state index in [-0.39, 0.29) is 18.6 Å².